The van der Waals surface area contributed by atoms with Crippen molar-refractivity contribution in [2.45, 2.75) is 25.8 Å². The summed E-state index contributed by atoms with van der Waals surface area (Å²) in [6, 6.07) is 14.1. The fourth-order valence-electron chi connectivity index (χ4n) is 4.65. The number of aliphatic hydroxyl groups excluding tert-OH is 1. The Morgan fingerprint density at radius 2 is 1.72 bits per heavy atom. The normalized spacial score (nSPS) is 21.7. The van der Waals surface area contributed by atoms with Crippen molar-refractivity contribution in [3.63, 3.8) is 0 Å². The Kier molecular flexibility index (Phi) is 5.60. The number of likely N-dealkylation sites (tertiary alicyclic amines) is 1. The molecule has 2 heterocycles. The lowest BCUT2D eigenvalue weighted by Crippen LogP contribution is -2.52. The summed E-state index contributed by atoms with van der Waals surface area (Å²) >= 11 is 0. The molecule has 7 heteroatoms. The molecule has 32 heavy (non-hydrogen) atoms. The molecule has 1 N–H and O–H groups in total. The van der Waals surface area contributed by atoms with Crippen molar-refractivity contribution in [2.24, 2.45) is 0 Å². The number of para-hydroxylation sites is 1. The van der Waals surface area contributed by atoms with Gasteiger partial charge in [0.1, 0.15) is 5.76 Å². The maximum atomic E-state index is 14.0. The SMILES string of the molecule is CCCN1C(=O)[C@@]2(C(=C(O)c3ccc(C)cc3)C(=O)C(=O)N2CCOC)c2ccccc21. The highest BCUT2D eigenvalue weighted by atomic mass is 16.5. The summed E-state index contributed by atoms with van der Waals surface area (Å²) in [4.78, 5) is 43.4. The van der Waals surface area contributed by atoms with Gasteiger partial charge in [-0.25, -0.2) is 0 Å². The third-order valence-electron chi connectivity index (χ3n) is 6.10. The summed E-state index contributed by atoms with van der Waals surface area (Å²) in [6.07, 6.45) is 0.694. The van der Waals surface area contributed by atoms with Crippen molar-refractivity contribution in [3.8, 4) is 0 Å². The Morgan fingerprint density at radius 1 is 1.03 bits per heavy atom. The first kappa shape index (κ1) is 21.8. The number of aliphatic hydroxyl groups is 1. The molecule has 0 unspecified atom stereocenters. The average molecular weight is 434 g/mol. The van der Waals surface area contributed by atoms with Crippen molar-refractivity contribution >= 4 is 29.0 Å². The lowest BCUT2D eigenvalue weighted by Gasteiger charge is -2.34. The Bertz CT molecular complexity index is 1120. The van der Waals surface area contributed by atoms with Crippen LogP contribution in [0.15, 0.2) is 54.1 Å². The van der Waals surface area contributed by atoms with Crippen LogP contribution in [-0.2, 0) is 24.7 Å². The van der Waals surface area contributed by atoms with E-state index in [2.05, 4.69) is 0 Å². The van der Waals surface area contributed by atoms with Gasteiger partial charge in [0.25, 0.3) is 17.6 Å². The lowest BCUT2D eigenvalue weighted by molar-refractivity contribution is -0.144. The quantitative estimate of drug-likeness (QED) is 0.429. The van der Waals surface area contributed by atoms with Crippen LogP contribution in [0.2, 0.25) is 0 Å². The number of Topliss-reactive ketones (excluding diaryl/α,β-unsaturated/α-hetero) is 1. The van der Waals surface area contributed by atoms with Crippen LogP contribution in [0.4, 0.5) is 5.69 Å². The third kappa shape index (κ3) is 2.96. The second-order valence-corrected chi connectivity index (χ2v) is 8.05. The molecule has 2 aromatic carbocycles. The minimum atomic E-state index is -1.73. The van der Waals surface area contributed by atoms with E-state index in [1.807, 2.05) is 19.9 Å². The van der Waals surface area contributed by atoms with Crippen LogP contribution in [0.5, 0.6) is 0 Å². The molecule has 1 saturated heterocycles. The molecule has 1 atom stereocenters. The Morgan fingerprint density at radius 3 is 2.38 bits per heavy atom. The minimum absolute atomic E-state index is 0.0335. The molecule has 0 saturated carbocycles. The summed E-state index contributed by atoms with van der Waals surface area (Å²) in [5.74, 6) is -2.47. The maximum Gasteiger partial charge on any atom is 0.296 e. The van der Waals surface area contributed by atoms with E-state index in [0.29, 0.717) is 29.8 Å². The smallest absolute Gasteiger partial charge is 0.296 e. The van der Waals surface area contributed by atoms with Crippen LogP contribution in [0, 0.1) is 6.92 Å². The number of ketones is 1. The van der Waals surface area contributed by atoms with Crippen molar-refractivity contribution in [2.75, 3.05) is 31.7 Å². The zero-order valence-corrected chi connectivity index (χ0v) is 18.4. The van der Waals surface area contributed by atoms with Crippen LogP contribution < -0.4 is 4.90 Å². The zero-order chi connectivity index (χ0) is 23.0. The molecule has 7 nitrogen and oxygen atoms in total. The van der Waals surface area contributed by atoms with Gasteiger partial charge in [0.05, 0.1) is 17.9 Å². The van der Waals surface area contributed by atoms with Gasteiger partial charge in [-0.15, -0.1) is 0 Å². The molecule has 2 amide bonds. The van der Waals surface area contributed by atoms with Gasteiger partial charge >= 0.3 is 0 Å². The molecular weight excluding hydrogens is 408 g/mol. The first-order chi connectivity index (χ1) is 15.4. The van der Waals surface area contributed by atoms with Crippen molar-refractivity contribution < 1.29 is 24.2 Å². The van der Waals surface area contributed by atoms with Gasteiger partial charge in [0.15, 0.2) is 5.54 Å². The van der Waals surface area contributed by atoms with Crippen LogP contribution >= 0.6 is 0 Å². The molecule has 2 aromatic rings. The topological polar surface area (TPSA) is 87.2 Å². The fraction of sp³-hybridized carbons (Fsp3) is 0.320. The highest BCUT2D eigenvalue weighted by Crippen LogP contribution is 2.53. The molecule has 2 aliphatic heterocycles. The molecule has 166 valence electrons. The van der Waals surface area contributed by atoms with Gasteiger partial charge in [-0.1, -0.05) is 55.0 Å². The van der Waals surface area contributed by atoms with Crippen LogP contribution in [0.3, 0.4) is 0 Å². The Hall–Kier alpha value is -3.45. The lowest BCUT2D eigenvalue weighted by atomic mass is 9.82. The zero-order valence-electron chi connectivity index (χ0n) is 18.4. The number of nitrogens with zero attached hydrogens (tertiary/aromatic N) is 2. The summed E-state index contributed by atoms with van der Waals surface area (Å²) in [6.45, 7) is 4.46. The highest BCUT2D eigenvalue weighted by molar-refractivity contribution is 6.50. The largest absolute Gasteiger partial charge is 0.507 e. The van der Waals surface area contributed by atoms with Crippen molar-refractivity contribution in [1.82, 2.24) is 4.90 Å². The number of anilines is 1. The molecule has 2 aliphatic rings. The summed E-state index contributed by atoms with van der Waals surface area (Å²) in [5.41, 5.74) is 0.583. The molecular formula is C25H26N2O5. The molecule has 4 rings (SSSR count). The predicted octanol–water partition coefficient (Wildman–Crippen LogP) is 2.97. The number of ether oxygens (including phenoxy) is 1. The van der Waals surface area contributed by atoms with E-state index in [1.54, 1.807) is 47.4 Å². The number of methoxy groups -OCH3 is 1. The Labute approximate surface area is 186 Å². The molecule has 1 spiro atoms. The molecule has 0 aliphatic carbocycles. The molecule has 0 aromatic heterocycles. The van der Waals surface area contributed by atoms with E-state index in [1.165, 1.54) is 12.0 Å². The Balaban J connectivity index is 2.05. The number of rotatable bonds is 6. The average Bonchev–Trinajstić information content (AvgIpc) is 3.17. The second kappa shape index (κ2) is 8.24. The van der Waals surface area contributed by atoms with Gasteiger partial charge in [0, 0.05) is 31.3 Å². The molecule has 1 fully saturated rings. The van der Waals surface area contributed by atoms with E-state index < -0.39 is 23.1 Å². The highest BCUT2D eigenvalue weighted by Gasteiger charge is 2.66. The fourth-order valence-corrected chi connectivity index (χ4v) is 4.65. The number of fused-ring (bicyclic) bond motifs is 2. The first-order valence-corrected chi connectivity index (χ1v) is 10.7. The van der Waals surface area contributed by atoms with E-state index >= 15 is 0 Å². The van der Waals surface area contributed by atoms with Crippen LogP contribution in [0.25, 0.3) is 5.76 Å². The maximum absolute atomic E-state index is 14.0. The number of hydrogen-bond acceptors (Lipinski definition) is 5. The van der Waals surface area contributed by atoms with E-state index in [4.69, 9.17) is 4.74 Å². The number of aryl methyl sites for hydroxylation is 1. The van der Waals surface area contributed by atoms with E-state index in [0.717, 1.165) is 5.56 Å². The predicted molar refractivity (Wildman–Crippen MR) is 120 cm³/mol. The van der Waals surface area contributed by atoms with Crippen LogP contribution in [-0.4, -0.2) is 54.4 Å². The number of carbonyl (C=O) groups is 3. The van der Waals surface area contributed by atoms with Gasteiger partial charge in [-0.2, -0.15) is 0 Å². The standard InChI is InChI=1S/C25H26N2O5/c1-4-13-26-19-8-6-5-7-18(19)25(24(26)31)20(21(28)17-11-9-16(2)10-12-17)22(29)23(30)27(25)14-15-32-3/h5-12,28H,4,13-15H2,1-3H3/t25-/m0/s1. The van der Waals surface area contributed by atoms with Gasteiger partial charge in [0.2, 0.25) is 0 Å². The molecule has 0 bridgehead atoms. The monoisotopic (exact) mass is 434 g/mol. The second-order valence-electron chi connectivity index (χ2n) is 8.05. The number of hydrogen-bond donors (Lipinski definition) is 1. The van der Waals surface area contributed by atoms with E-state index in [-0.39, 0.29) is 24.5 Å². The number of amides is 2. The summed E-state index contributed by atoms with van der Waals surface area (Å²) in [7, 11) is 1.49. The van der Waals surface area contributed by atoms with Crippen LogP contribution in [0.1, 0.15) is 30.0 Å². The van der Waals surface area contributed by atoms with Crippen molar-refractivity contribution in [3.05, 3.63) is 70.8 Å². The van der Waals surface area contributed by atoms with Gasteiger partial charge in [-0.05, 0) is 19.4 Å². The number of benzene rings is 2. The van der Waals surface area contributed by atoms with Crippen molar-refractivity contribution in [1.29, 1.82) is 0 Å². The first-order valence-electron chi connectivity index (χ1n) is 10.7. The minimum Gasteiger partial charge on any atom is -0.507 e. The van der Waals surface area contributed by atoms with E-state index in [9.17, 15) is 19.5 Å². The summed E-state index contributed by atoms with van der Waals surface area (Å²) < 4.78 is 5.17. The number of carbonyl (C=O) groups excluding carboxylic acids is 3. The van der Waals surface area contributed by atoms with Gasteiger partial charge < -0.3 is 19.6 Å². The molecule has 0 radical (unpaired) electrons. The third-order valence-corrected chi connectivity index (χ3v) is 6.10. The summed E-state index contributed by atoms with van der Waals surface area (Å²) in [5, 5.41) is 11.3. The van der Waals surface area contributed by atoms with Gasteiger partial charge in [-0.3, -0.25) is 14.4 Å².